The highest BCUT2D eigenvalue weighted by atomic mass is 16.3. The molecule has 0 aliphatic heterocycles. The van der Waals surface area contributed by atoms with Crippen molar-refractivity contribution in [3.05, 3.63) is 253 Å². The third-order valence-electron chi connectivity index (χ3n) is 13.2. The minimum Gasteiger partial charge on any atom is -0.454 e. The number of rotatable bonds is 7. The van der Waals surface area contributed by atoms with Crippen LogP contribution in [0, 0.1) is 0 Å². The molecule has 0 saturated heterocycles. The second kappa shape index (κ2) is 14.3. The van der Waals surface area contributed by atoms with Gasteiger partial charge in [-0.2, -0.15) is 0 Å². The van der Waals surface area contributed by atoms with Gasteiger partial charge in [-0.05, 0) is 110 Å². The Morgan fingerprint density at radius 1 is 0.406 bits per heavy atom. The van der Waals surface area contributed by atoms with Crippen LogP contribution in [0.1, 0.15) is 22.3 Å². The van der Waals surface area contributed by atoms with Gasteiger partial charge in [0.25, 0.3) is 0 Å². The lowest BCUT2D eigenvalue weighted by molar-refractivity contribution is 0.620. The molecule has 4 nitrogen and oxygen atoms in total. The molecule has 0 N–H and O–H groups in total. The second-order valence-corrected chi connectivity index (χ2v) is 16.6. The van der Waals surface area contributed by atoms with Crippen LogP contribution in [0.15, 0.2) is 239 Å². The fourth-order valence-corrected chi connectivity index (χ4v) is 10.4. The van der Waals surface area contributed by atoms with E-state index in [2.05, 4.69) is 211 Å². The van der Waals surface area contributed by atoms with Crippen molar-refractivity contribution in [3.63, 3.8) is 0 Å². The first-order valence-corrected chi connectivity index (χ1v) is 21.8. The lowest BCUT2D eigenvalue weighted by Gasteiger charge is -2.35. The van der Waals surface area contributed by atoms with E-state index in [-0.39, 0.29) is 0 Å². The maximum atomic E-state index is 7.08. The van der Waals surface area contributed by atoms with Crippen LogP contribution in [-0.2, 0) is 5.41 Å². The van der Waals surface area contributed by atoms with Gasteiger partial charge < -0.3 is 13.7 Å². The summed E-state index contributed by atoms with van der Waals surface area (Å²) in [4.78, 5) is 7.39. The molecule has 0 unspecified atom stereocenters. The predicted molar refractivity (Wildman–Crippen MR) is 262 cm³/mol. The molecule has 12 aromatic rings. The van der Waals surface area contributed by atoms with Crippen LogP contribution in [-0.4, -0.2) is 4.98 Å². The second-order valence-electron chi connectivity index (χ2n) is 16.6. The Morgan fingerprint density at radius 3 is 1.84 bits per heavy atom. The van der Waals surface area contributed by atoms with E-state index in [0.29, 0.717) is 5.89 Å². The molecular weight excluding hydrogens is 781 g/mol. The SMILES string of the molecule is c1ccc(-c2ccc(N(c3cccc(C4(c5ccccc5)c5ccccc5-c5ccccc54)c3)c3cc(-c4nc5ccccc5o4)cc4c3oc3ccc5ccccc5c34)cc2)cc1. The van der Waals surface area contributed by atoms with Crippen molar-refractivity contribution in [1.29, 1.82) is 0 Å². The van der Waals surface area contributed by atoms with E-state index in [1.807, 2.05) is 24.3 Å². The number of hydrogen-bond acceptors (Lipinski definition) is 4. The molecular formula is C60H38N2O2. The largest absolute Gasteiger partial charge is 0.454 e. The average molecular weight is 819 g/mol. The zero-order valence-corrected chi connectivity index (χ0v) is 34.7. The van der Waals surface area contributed by atoms with Crippen molar-refractivity contribution in [2.75, 3.05) is 4.90 Å². The number of fused-ring (bicyclic) bond motifs is 9. The van der Waals surface area contributed by atoms with Gasteiger partial charge in [0.05, 0.1) is 11.1 Å². The zero-order chi connectivity index (χ0) is 42.2. The smallest absolute Gasteiger partial charge is 0.227 e. The number of aromatic nitrogens is 1. The number of benzene rings is 10. The summed E-state index contributed by atoms with van der Waals surface area (Å²) < 4.78 is 13.6. The summed E-state index contributed by atoms with van der Waals surface area (Å²) in [7, 11) is 0. The third kappa shape index (κ3) is 5.46. The van der Waals surface area contributed by atoms with Crippen LogP contribution in [0.2, 0.25) is 0 Å². The molecule has 2 aromatic heterocycles. The molecule has 0 radical (unpaired) electrons. The zero-order valence-electron chi connectivity index (χ0n) is 34.7. The quantitative estimate of drug-likeness (QED) is 0.161. The molecule has 13 rings (SSSR count). The van der Waals surface area contributed by atoms with Crippen molar-refractivity contribution in [3.8, 4) is 33.7 Å². The Bertz CT molecular complexity index is 3660. The Morgan fingerprint density at radius 2 is 1.06 bits per heavy atom. The molecule has 0 fully saturated rings. The molecule has 4 heteroatoms. The van der Waals surface area contributed by atoms with Crippen LogP contribution in [0.25, 0.3) is 77.5 Å². The topological polar surface area (TPSA) is 42.4 Å². The molecule has 0 spiro atoms. The van der Waals surface area contributed by atoms with Crippen LogP contribution < -0.4 is 4.90 Å². The molecule has 0 atom stereocenters. The summed E-state index contributed by atoms with van der Waals surface area (Å²) in [5.74, 6) is 0.550. The number of nitrogens with zero attached hydrogens (tertiary/aromatic N) is 2. The van der Waals surface area contributed by atoms with Crippen molar-refractivity contribution in [2.45, 2.75) is 5.41 Å². The van der Waals surface area contributed by atoms with Crippen LogP contribution in [0.3, 0.4) is 0 Å². The summed E-state index contributed by atoms with van der Waals surface area (Å²) in [5, 5.41) is 4.32. The van der Waals surface area contributed by atoms with Gasteiger partial charge in [0, 0.05) is 27.7 Å². The Labute approximate surface area is 369 Å². The third-order valence-corrected chi connectivity index (χ3v) is 13.2. The highest BCUT2D eigenvalue weighted by Gasteiger charge is 2.46. The van der Waals surface area contributed by atoms with Crippen molar-refractivity contribution in [1.82, 2.24) is 4.98 Å². The molecule has 2 heterocycles. The van der Waals surface area contributed by atoms with Crippen LogP contribution in [0.4, 0.5) is 17.1 Å². The van der Waals surface area contributed by atoms with Crippen molar-refractivity contribution >= 4 is 60.9 Å². The number of furan rings is 1. The first-order chi connectivity index (χ1) is 31.7. The molecule has 0 bridgehead atoms. The number of hydrogen-bond donors (Lipinski definition) is 0. The maximum Gasteiger partial charge on any atom is 0.227 e. The monoisotopic (exact) mass is 818 g/mol. The van der Waals surface area contributed by atoms with Crippen LogP contribution >= 0.6 is 0 Å². The van der Waals surface area contributed by atoms with E-state index in [0.717, 1.165) is 77.6 Å². The fourth-order valence-electron chi connectivity index (χ4n) is 10.4. The molecule has 0 saturated carbocycles. The van der Waals surface area contributed by atoms with Gasteiger partial charge in [0.1, 0.15) is 11.1 Å². The summed E-state index contributed by atoms with van der Waals surface area (Å²) >= 11 is 0. The standard InChI is InChI=1S/C60H38N2O2/c1-3-16-39(17-4-1)40-30-33-45(34-31-40)62(46-22-15-21-44(38-46)60(43-19-5-2-6-20-43)51-26-11-9-24-48(51)49-25-10-12-27-52(49)60)54-37-42(59-61-53-28-13-14-29-55(53)64-59)36-50-57-47-23-8-7-18-41(47)32-35-56(57)63-58(50)54/h1-38H. The van der Waals surface area contributed by atoms with Crippen LogP contribution in [0.5, 0.6) is 0 Å². The number of anilines is 3. The normalized spacial score (nSPS) is 12.8. The average Bonchev–Trinajstić information content (AvgIpc) is 4.07. The van der Waals surface area contributed by atoms with Crippen molar-refractivity contribution in [2.24, 2.45) is 0 Å². The van der Waals surface area contributed by atoms with Gasteiger partial charge in [0.15, 0.2) is 11.2 Å². The van der Waals surface area contributed by atoms with Gasteiger partial charge >= 0.3 is 0 Å². The lowest BCUT2D eigenvalue weighted by atomic mass is 9.67. The molecule has 64 heavy (non-hydrogen) atoms. The van der Waals surface area contributed by atoms with Gasteiger partial charge in [0.2, 0.25) is 5.89 Å². The minimum atomic E-state index is -0.582. The van der Waals surface area contributed by atoms with E-state index in [4.69, 9.17) is 13.8 Å². The maximum absolute atomic E-state index is 7.08. The number of oxazole rings is 1. The van der Waals surface area contributed by atoms with Gasteiger partial charge in [-0.25, -0.2) is 4.98 Å². The Kier molecular flexibility index (Phi) is 8.09. The minimum absolute atomic E-state index is 0.550. The fraction of sp³-hybridized carbons (Fsp3) is 0.0167. The summed E-state index contributed by atoms with van der Waals surface area (Å²) in [5.41, 5.74) is 16.0. The predicted octanol–water partition coefficient (Wildman–Crippen LogP) is 16.0. The van der Waals surface area contributed by atoms with Gasteiger partial charge in [-0.15, -0.1) is 0 Å². The Balaban J connectivity index is 1.11. The van der Waals surface area contributed by atoms with E-state index >= 15 is 0 Å². The summed E-state index contributed by atoms with van der Waals surface area (Å²) in [6.45, 7) is 0. The first kappa shape index (κ1) is 36.2. The van der Waals surface area contributed by atoms with Crippen molar-refractivity contribution < 1.29 is 8.83 Å². The lowest BCUT2D eigenvalue weighted by Crippen LogP contribution is -2.28. The van der Waals surface area contributed by atoms with E-state index in [1.165, 1.54) is 33.4 Å². The molecule has 10 aromatic carbocycles. The molecule has 0 amide bonds. The number of para-hydroxylation sites is 2. The highest BCUT2D eigenvalue weighted by molar-refractivity contribution is 6.21. The van der Waals surface area contributed by atoms with E-state index in [1.54, 1.807) is 0 Å². The molecule has 1 aliphatic carbocycles. The van der Waals surface area contributed by atoms with E-state index in [9.17, 15) is 0 Å². The summed E-state index contributed by atoms with van der Waals surface area (Å²) in [6, 6.07) is 82.4. The van der Waals surface area contributed by atoms with Gasteiger partial charge in [-0.3, -0.25) is 0 Å². The highest BCUT2D eigenvalue weighted by Crippen LogP contribution is 2.57. The van der Waals surface area contributed by atoms with Gasteiger partial charge in [-0.1, -0.05) is 176 Å². The molecule has 300 valence electrons. The Hall–Kier alpha value is -8.47. The van der Waals surface area contributed by atoms with E-state index < -0.39 is 5.41 Å². The first-order valence-electron chi connectivity index (χ1n) is 21.8. The summed E-state index contributed by atoms with van der Waals surface area (Å²) in [6.07, 6.45) is 0. The molecule has 1 aliphatic rings.